The molecule has 0 aliphatic carbocycles. The lowest BCUT2D eigenvalue weighted by molar-refractivity contribution is -0.129. The lowest BCUT2D eigenvalue weighted by atomic mass is 10.3. The van der Waals surface area contributed by atoms with E-state index in [1.165, 1.54) is 24.4 Å². The number of piperazine rings is 1. The van der Waals surface area contributed by atoms with E-state index in [1.54, 1.807) is 4.90 Å². The maximum Gasteiger partial charge on any atom is 0.246 e. The number of ether oxygens (including phenoxy) is 1. The zero-order valence-electron chi connectivity index (χ0n) is 11.9. The first-order valence-corrected chi connectivity index (χ1v) is 7.89. The van der Waals surface area contributed by atoms with Crippen LogP contribution >= 0.6 is 0 Å². The Bertz CT molecular complexity index is 640. The van der Waals surface area contributed by atoms with Crippen LogP contribution in [-0.4, -0.2) is 56.8 Å². The molecule has 6 nitrogen and oxygen atoms in total. The molecule has 21 heavy (non-hydrogen) atoms. The third-order valence-electron chi connectivity index (χ3n) is 3.43. The van der Waals surface area contributed by atoms with Crippen molar-refractivity contribution in [2.45, 2.75) is 11.8 Å². The van der Waals surface area contributed by atoms with E-state index < -0.39 is 15.8 Å². The van der Waals surface area contributed by atoms with Crippen molar-refractivity contribution in [3.05, 3.63) is 24.0 Å². The van der Waals surface area contributed by atoms with Gasteiger partial charge in [-0.3, -0.25) is 4.79 Å². The zero-order valence-corrected chi connectivity index (χ0v) is 12.7. The molecular weight excluding hydrogens is 299 g/mol. The molecule has 0 saturated carbocycles. The summed E-state index contributed by atoms with van der Waals surface area (Å²) in [5, 5.41) is 0. The van der Waals surface area contributed by atoms with Crippen LogP contribution in [0.15, 0.2) is 23.1 Å². The Kier molecular flexibility index (Phi) is 4.48. The number of carbonyl (C=O) groups excluding carboxylic acids is 1. The van der Waals surface area contributed by atoms with E-state index in [9.17, 15) is 17.6 Å². The second kappa shape index (κ2) is 5.98. The minimum atomic E-state index is -3.85. The molecule has 1 amide bonds. The maximum atomic E-state index is 13.4. The van der Waals surface area contributed by atoms with Crippen molar-refractivity contribution < 1.29 is 22.3 Å². The molecular formula is C13H17FN2O4S. The first-order chi connectivity index (χ1) is 9.86. The van der Waals surface area contributed by atoms with Crippen LogP contribution in [0.4, 0.5) is 4.39 Å². The van der Waals surface area contributed by atoms with E-state index in [-0.39, 0.29) is 29.6 Å². The molecule has 0 N–H and O–H groups in total. The average Bonchev–Trinajstić information content (AvgIpc) is 2.47. The molecule has 2 rings (SSSR count). The van der Waals surface area contributed by atoms with Crippen molar-refractivity contribution in [3.8, 4) is 5.75 Å². The smallest absolute Gasteiger partial charge is 0.246 e. The quantitative estimate of drug-likeness (QED) is 0.823. The molecule has 0 atom stereocenters. The molecule has 0 spiro atoms. The number of nitrogens with zero attached hydrogens (tertiary/aromatic N) is 2. The molecule has 0 unspecified atom stereocenters. The summed E-state index contributed by atoms with van der Waals surface area (Å²) in [7, 11) is -2.51. The van der Waals surface area contributed by atoms with Crippen LogP contribution in [0.5, 0.6) is 5.75 Å². The normalized spacial score (nSPS) is 16.8. The summed E-state index contributed by atoms with van der Waals surface area (Å²) >= 11 is 0. The standard InChI is InChI=1S/C13H17FN2O4S/c1-10(17)15-5-7-16(8-6-15)21(18,19)13-9-11(14)3-4-12(13)20-2/h3-4,9H,5-8H2,1-2H3. The fraction of sp³-hybridized carbons (Fsp3) is 0.462. The summed E-state index contributed by atoms with van der Waals surface area (Å²) < 4.78 is 44.7. The largest absolute Gasteiger partial charge is 0.495 e. The van der Waals surface area contributed by atoms with Crippen LogP contribution < -0.4 is 4.74 Å². The molecule has 1 aromatic carbocycles. The van der Waals surface area contributed by atoms with Gasteiger partial charge in [-0.15, -0.1) is 0 Å². The molecule has 0 radical (unpaired) electrons. The van der Waals surface area contributed by atoms with E-state index in [0.29, 0.717) is 13.1 Å². The van der Waals surface area contributed by atoms with Gasteiger partial charge in [-0.05, 0) is 18.2 Å². The maximum absolute atomic E-state index is 13.4. The predicted molar refractivity (Wildman–Crippen MR) is 74.0 cm³/mol. The molecule has 1 aliphatic heterocycles. The highest BCUT2D eigenvalue weighted by Crippen LogP contribution is 2.28. The van der Waals surface area contributed by atoms with Gasteiger partial charge in [0.15, 0.2) is 0 Å². The van der Waals surface area contributed by atoms with Gasteiger partial charge in [0, 0.05) is 33.1 Å². The van der Waals surface area contributed by atoms with Crippen LogP contribution in [0.2, 0.25) is 0 Å². The van der Waals surface area contributed by atoms with Gasteiger partial charge in [-0.2, -0.15) is 4.31 Å². The van der Waals surface area contributed by atoms with Crippen LogP contribution in [0.3, 0.4) is 0 Å². The van der Waals surface area contributed by atoms with Crippen molar-refractivity contribution in [2.24, 2.45) is 0 Å². The zero-order chi connectivity index (χ0) is 15.6. The number of sulfonamides is 1. The van der Waals surface area contributed by atoms with E-state index in [0.717, 1.165) is 12.1 Å². The topological polar surface area (TPSA) is 66.9 Å². The molecule has 116 valence electrons. The molecule has 1 saturated heterocycles. The third kappa shape index (κ3) is 3.16. The van der Waals surface area contributed by atoms with Gasteiger partial charge in [0.1, 0.15) is 16.5 Å². The Balaban J connectivity index is 2.27. The average molecular weight is 316 g/mol. The summed E-state index contributed by atoms with van der Waals surface area (Å²) in [6.45, 7) is 2.46. The van der Waals surface area contributed by atoms with Crippen LogP contribution in [0.25, 0.3) is 0 Å². The molecule has 1 aliphatic rings. The summed E-state index contributed by atoms with van der Waals surface area (Å²) in [6, 6.07) is 3.38. The third-order valence-corrected chi connectivity index (χ3v) is 5.35. The van der Waals surface area contributed by atoms with Gasteiger partial charge in [0.25, 0.3) is 0 Å². The first kappa shape index (κ1) is 15.7. The van der Waals surface area contributed by atoms with E-state index in [4.69, 9.17) is 4.74 Å². The van der Waals surface area contributed by atoms with Gasteiger partial charge in [0.2, 0.25) is 15.9 Å². The van der Waals surface area contributed by atoms with Crippen molar-refractivity contribution in [1.29, 1.82) is 0 Å². The Labute approximate surface area is 123 Å². The van der Waals surface area contributed by atoms with Crippen molar-refractivity contribution in [3.63, 3.8) is 0 Å². The van der Waals surface area contributed by atoms with Crippen molar-refractivity contribution in [1.82, 2.24) is 9.21 Å². The number of halogens is 1. The fourth-order valence-corrected chi connectivity index (χ4v) is 3.82. The Hall–Kier alpha value is -1.67. The van der Waals surface area contributed by atoms with Crippen molar-refractivity contribution in [2.75, 3.05) is 33.3 Å². The number of hydrogen-bond donors (Lipinski definition) is 0. The highest BCUT2D eigenvalue weighted by atomic mass is 32.2. The molecule has 0 bridgehead atoms. The second-order valence-electron chi connectivity index (χ2n) is 4.71. The lowest BCUT2D eigenvalue weighted by Crippen LogP contribution is -2.49. The number of amides is 1. The summed E-state index contributed by atoms with van der Waals surface area (Å²) in [5.41, 5.74) is 0. The van der Waals surface area contributed by atoms with Crippen LogP contribution in [0, 0.1) is 5.82 Å². The summed E-state index contributed by atoms with van der Waals surface area (Å²) in [6.07, 6.45) is 0. The van der Waals surface area contributed by atoms with Gasteiger partial charge in [-0.1, -0.05) is 0 Å². The number of hydrogen-bond acceptors (Lipinski definition) is 4. The highest BCUT2D eigenvalue weighted by Gasteiger charge is 2.31. The SMILES string of the molecule is COc1ccc(F)cc1S(=O)(=O)N1CCN(C(C)=O)CC1. The van der Waals surface area contributed by atoms with Crippen molar-refractivity contribution >= 4 is 15.9 Å². The number of benzene rings is 1. The minimum Gasteiger partial charge on any atom is -0.495 e. The first-order valence-electron chi connectivity index (χ1n) is 6.45. The minimum absolute atomic E-state index is 0.0876. The van der Waals surface area contributed by atoms with Crippen LogP contribution in [0.1, 0.15) is 6.92 Å². The molecule has 1 heterocycles. The monoisotopic (exact) mass is 316 g/mol. The number of rotatable bonds is 3. The molecule has 0 aromatic heterocycles. The predicted octanol–water partition coefficient (Wildman–Crippen LogP) is 0.687. The van der Waals surface area contributed by atoms with Gasteiger partial charge < -0.3 is 9.64 Å². The van der Waals surface area contributed by atoms with E-state index >= 15 is 0 Å². The summed E-state index contributed by atoms with van der Waals surface area (Å²) in [4.78, 5) is 12.6. The van der Waals surface area contributed by atoms with Crippen LogP contribution in [-0.2, 0) is 14.8 Å². The number of carbonyl (C=O) groups is 1. The number of methoxy groups -OCH3 is 1. The Morgan fingerprint density at radius 2 is 1.86 bits per heavy atom. The molecule has 8 heteroatoms. The van der Waals surface area contributed by atoms with E-state index in [2.05, 4.69) is 0 Å². The van der Waals surface area contributed by atoms with Gasteiger partial charge >= 0.3 is 0 Å². The Morgan fingerprint density at radius 1 is 1.24 bits per heavy atom. The van der Waals surface area contributed by atoms with E-state index in [1.807, 2.05) is 0 Å². The van der Waals surface area contributed by atoms with Gasteiger partial charge in [-0.25, -0.2) is 12.8 Å². The molecule has 1 fully saturated rings. The second-order valence-corrected chi connectivity index (χ2v) is 6.61. The summed E-state index contributed by atoms with van der Waals surface area (Å²) in [5.74, 6) is -0.627. The van der Waals surface area contributed by atoms with Gasteiger partial charge in [0.05, 0.1) is 7.11 Å². The fourth-order valence-electron chi connectivity index (χ4n) is 2.23. The Morgan fingerprint density at radius 3 is 2.38 bits per heavy atom. The molecule has 1 aromatic rings. The highest BCUT2D eigenvalue weighted by molar-refractivity contribution is 7.89. The lowest BCUT2D eigenvalue weighted by Gasteiger charge is -2.33.